The molecule has 75 heavy (non-hydrogen) atoms. The van der Waals surface area contributed by atoms with Crippen LogP contribution in [0.4, 0.5) is 51.2 Å². The van der Waals surface area contributed by atoms with Crippen molar-refractivity contribution in [1.29, 1.82) is 10.5 Å². The van der Waals surface area contributed by atoms with Gasteiger partial charge in [-0.05, 0) is 132 Å². The molecule has 0 aliphatic carbocycles. The van der Waals surface area contributed by atoms with E-state index in [1.807, 2.05) is 48.5 Å². The van der Waals surface area contributed by atoms with Gasteiger partial charge in [-0.2, -0.15) is 10.5 Å². The topological polar surface area (TPSA) is 57.3 Å². The summed E-state index contributed by atoms with van der Waals surface area (Å²) in [4.78, 5) is 7.22. The Bertz CT molecular complexity index is 3550. The zero-order valence-corrected chi connectivity index (χ0v) is 42.9. The summed E-state index contributed by atoms with van der Waals surface area (Å²) in [7, 11) is -5.88. The molecule has 0 aromatic heterocycles. The maximum atomic E-state index is 10.0. The fourth-order valence-corrected chi connectivity index (χ4v) is 22.4. The average Bonchev–Trinajstić information content (AvgIpc) is 3.51. The number of anilines is 9. The van der Waals surface area contributed by atoms with Gasteiger partial charge >= 0.3 is 0 Å². The quantitative estimate of drug-likeness (QED) is 0.135. The molecule has 0 fully saturated rings. The molecule has 2 aliphatic heterocycles. The molecule has 0 N–H and O–H groups in total. The lowest BCUT2D eigenvalue weighted by Gasteiger charge is -2.46. The van der Waals surface area contributed by atoms with E-state index in [-0.39, 0.29) is 0 Å². The van der Waals surface area contributed by atoms with Crippen LogP contribution in [0.15, 0.2) is 285 Å². The molecule has 0 unspecified atom stereocenters. The zero-order chi connectivity index (χ0) is 50.3. The van der Waals surface area contributed by atoms with Crippen LogP contribution < -0.4 is 56.2 Å². The fraction of sp³-hybridized carbons (Fsp3) is 0. The number of hydrogen-bond donors (Lipinski definition) is 0. The summed E-state index contributed by atoms with van der Waals surface area (Å²) in [6.07, 6.45) is 0. The molecule has 11 aromatic rings. The van der Waals surface area contributed by atoms with Gasteiger partial charge in [0.1, 0.15) is 0 Å². The second-order valence-corrected chi connectivity index (χ2v) is 26.5. The molecular weight excluding hydrogens is 943 g/mol. The fourth-order valence-electron chi connectivity index (χ4n) is 12.2. The van der Waals surface area contributed by atoms with Crippen LogP contribution in [-0.4, -0.2) is 16.1 Å². The molecule has 2 aliphatic rings. The van der Waals surface area contributed by atoms with Crippen LogP contribution in [-0.2, 0) is 0 Å². The minimum atomic E-state index is -2.94. The summed E-state index contributed by atoms with van der Waals surface area (Å²) in [5.74, 6) is 0. The van der Waals surface area contributed by atoms with Gasteiger partial charge in [-0.15, -0.1) is 0 Å². The van der Waals surface area contributed by atoms with Gasteiger partial charge in [-0.25, -0.2) is 0 Å². The number of fused-ring (bicyclic) bond motifs is 4. The van der Waals surface area contributed by atoms with Crippen molar-refractivity contribution in [2.45, 2.75) is 0 Å². The minimum absolute atomic E-state index is 0.574. The van der Waals surface area contributed by atoms with Crippen LogP contribution in [0.1, 0.15) is 11.1 Å². The van der Waals surface area contributed by atoms with Crippen molar-refractivity contribution in [1.82, 2.24) is 0 Å². The van der Waals surface area contributed by atoms with E-state index in [9.17, 15) is 10.5 Å². The molecule has 0 saturated carbocycles. The SMILES string of the molecule is N#Cc1ccc(N(c2ccc(C#N)cc2)c2cc(N3c4ccccc4[Si](c4ccccc4)(c4ccccc4)c4ccccc43)cc(N3c4ccccc4[Si](c4ccccc4)(c4ccccc4)c4ccccc43)c2)cc1. The molecule has 2 heterocycles. The van der Waals surface area contributed by atoms with E-state index in [4.69, 9.17) is 0 Å². The maximum Gasteiger partial charge on any atom is 0.184 e. The van der Waals surface area contributed by atoms with Crippen molar-refractivity contribution in [2.24, 2.45) is 0 Å². The minimum Gasteiger partial charge on any atom is -0.310 e. The van der Waals surface area contributed by atoms with Crippen LogP contribution in [0.3, 0.4) is 0 Å². The Labute approximate surface area is 440 Å². The highest BCUT2D eigenvalue weighted by Gasteiger charge is 2.50. The van der Waals surface area contributed by atoms with Gasteiger partial charge in [0.05, 0.1) is 40.3 Å². The lowest BCUT2D eigenvalue weighted by atomic mass is 10.1. The predicted molar refractivity (Wildman–Crippen MR) is 314 cm³/mol. The Kier molecular flexibility index (Phi) is 11.2. The van der Waals surface area contributed by atoms with E-state index in [0.29, 0.717) is 11.1 Å². The summed E-state index contributed by atoms with van der Waals surface area (Å²) in [6, 6.07) is 108. The lowest BCUT2D eigenvalue weighted by Crippen LogP contribution is -2.77. The molecule has 5 nitrogen and oxygen atoms in total. The Morgan fingerprint density at radius 1 is 0.280 bits per heavy atom. The van der Waals surface area contributed by atoms with Crippen molar-refractivity contribution >= 4 is 109 Å². The van der Waals surface area contributed by atoms with Crippen molar-refractivity contribution < 1.29 is 0 Å². The molecule has 0 atom stereocenters. The highest BCUT2D eigenvalue weighted by Crippen LogP contribution is 2.47. The van der Waals surface area contributed by atoms with Gasteiger partial charge in [-0.3, -0.25) is 0 Å². The third-order valence-corrected chi connectivity index (χ3v) is 24.9. The third-order valence-electron chi connectivity index (χ3n) is 15.2. The van der Waals surface area contributed by atoms with Gasteiger partial charge < -0.3 is 14.7 Å². The van der Waals surface area contributed by atoms with Crippen molar-refractivity contribution in [2.75, 3.05) is 14.7 Å². The van der Waals surface area contributed by atoms with E-state index < -0.39 is 16.1 Å². The molecule has 13 rings (SSSR count). The second kappa shape index (κ2) is 18.7. The summed E-state index contributed by atoms with van der Waals surface area (Å²) in [6.45, 7) is 0. The van der Waals surface area contributed by atoms with Crippen LogP contribution >= 0.6 is 0 Å². The number of hydrogen-bond acceptors (Lipinski definition) is 5. The number of para-hydroxylation sites is 4. The van der Waals surface area contributed by atoms with Crippen LogP contribution in [0.25, 0.3) is 0 Å². The smallest absolute Gasteiger partial charge is 0.184 e. The Balaban J connectivity index is 1.13. The van der Waals surface area contributed by atoms with Gasteiger partial charge in [0.2, 0.25) is 0 Å². The molecule has 0 bridgehead atoms. The average molecular weight is 990 g/mol. The Hall–Kier alpha value is -9.77. The van der Waals surface area contributed by atoms with Gasteiger partial charge in [0, 0.05) is 34.1 Å². The van der Waals surface area contributed by atoms with E-state index >= 15 is 0 Å². The van der Waals surface area contributed by atoms with Crippen LogP contribution in [0.2, 0.25) is 0 Å². The second-order valence-electron chi connectivity index (χ2n) is 19.1. The third kappa shape index (κ3) is 7.17. The lowest BCUT2D eigenvalue weighted by molar-refractivity contribution is 1.22. The van der Waals surface area contributed by atoms with E-state index in [1.165, 1.54) is 41.5 Å². The maximum absolute atomic E-state index is 10.0. The molecule has 352 valence electrons. The summed E-state index contributed by atoms with van der Waals surface area (Å²) >= 11 is 0. The molecule has 0 radical (unpaired) electrons. The number of nitrogens with zero attached hydrogens (tertiary/aromatic N) is 5. The number of nitriles is 2. The summed E-state index contributed by atoms with van der Waals surface area (Å²) in [5, 5.41) is 30.5. The summed E-state index contributed by atoms with van der Waals surface area (Å²) < 4.78 is 0. The van der Waals surface area contributed by atoms with Crippen molar-refractivity contribution in [3.8, 4) is 12.1 Å². The number of benzene rings is 11. The zero-order valence-electron chi connectivity index (χ0n) is 40.9. The van der Waals surface area contributed by atoms with Gasteiger partial charge in [0.25, 0.3) is 0 Å². The highest BCUT2D eigenvalue weighted by molar-refractivity contribution is 7.22. The van der Waals surface area contributed by atoms with E-state index in [1.54, 1.807) is 0 Å². The molecule has 0 amide bonds. The van der Waals surface area contributed by atoms with Crippen molar-refractivity contribution in [3.05, 3.63) is 296 Å². The first-order valence-corrected chi connectivity index (χ1v) is 29.3. The standard InChI is InChI=1S/C68H47N5Si2/c69-48-50-37-41-52(42-38-50)71(53-43-39-51(49-70)40-44-53)54-45-55(72-61-29-13-17-33-65(61)74(57-21-5-1-6-22-57,58-23-7-2-8-24-58)66-34-18-14-30-62(66)72)47-56(46-54)73-63-31-15-19-35-67(63)75(59-25-9-3-10-26-59,60-27-11-4-12-28-60)68-36-20-16-32-64(68)73/h1-47H. The van der Waals surface area contributed by atoms with E-state index in [2.05, 4.69) is 263 Å². The predicted octanol–water partition coefficient (Wildman–Crippen LogP) is 11.2. The Morgan fingerprint density at radius 2 is 0.547 bits per heavy atom. The molecule has 0 saturated heterocycles. The first kappa shape index (κ1) is 45.1. The van der Waals surface area contributed by atoms with Crippen LogP contribution in [0, 0.1) is 22.7 Å². The molecule has 0 spiro atoms. The molecule has 11 aromatic carbocycles. The van der Waals surface area contributed by atoms with Gasteiger partial charge in [-0.1, -0.05) is 194 Å². The van der Waals surface area contributed by atoms with E-state index in [0.717, 1.165) is 51.2 Å². The first-order chi connectivity index (χ1) is 37.1. The van der Waals surface area contributed by atoms with Crippen LogP contribution in [0.5, 0.6) is 0 Å². The Morgan fingerprint density at radius 3 is 0.827 bits per heavy atom. The van der Waals surface area contributed by atoms with Gasteiger partial charge in [0.15, 0.2) is 16.1 Å². The van der Waals surface area contributed by atoms with Crippen molar-refractivity contribution in [3.63, 3.8) is 0 Å². The first-order valence-electron chi connectivity index (χ1n) is 25.3. The number of rotatable bonds is 9. The monoisotopic (exact) mass is 989 g/mol. The summed E-state index contributed by atoms with van der Waals surface area (Å²) in [5.41, 5.74) is 10.3. The highest BCUT2D eigenvalue weighted by atomic mass is 28.3. The largest absolute Gasteiger partial charge is 0.310 e. The normalized spacial score (nSPS) is 13.5. The molecule has 7 heteroatoms. The molecular formula is C68H47N5Si2.